The maximum atomic E-state index is 13.0. The van der Waals surface area contributed by atoms with Gasteiger partial charge in [-0.05, 0) is 30.7 Å². The summed E-state index contributed by atoms with van der Waals surface area (Å²) in [5.41, 5.74) is 3.13. The topological polar surface area (TPSA) is 46.1 Å². The van der Waals surface area contributed by atoms with Gasteiger partial charge in [-0.3, -0.25) is 4.79 Å². The molecule has 2 aromatic carbocycles. The molecule has 23 heavy (non-hydrogen) atoms. The van der Waals surface area contributed by atoms with Crippen molar-refractivity contribution < 1.29 is 4.79 Å². The van der Waals surface area contributed by atoms with Crippen LogP contribution >= 0.6 is 0 Å². The number of hydrogen-bond donors (Lipinski definition) is 0. The van der Waals surface area contributed by atoms with Crippen LogP contribution in [0.25, 0.3) is 0 Å². The summed E-state index contributed by atoms with van der Waals surface area (Å²) in [5.74, 6) is -0.0764. The molecule has 0 saturated heterocycles. The van der Waals surface area contributed by atoms with E-state index in [9.17, 15) is 4.79 Å². The lowest BCUT2D eigenvalue weighted by Crippen LogP contribution is -2.31. The van der Waals surface area contributed by atoms with Crippen LogP contribution in [-0.2, 0) is 6.54 Å². The molecule has 0 saturated carbocycles. The van der Waals surface area contributed by atoms with Gasteiger partial charge >= 0.3 is 0 Å². The van der Waals surface area contributed by atoms with E-state index in [4.69, 9.17) is 0 Å². The highest BCUT2D eigenvalue weighted by Crippen LogP contribution is 2.20. The van der Waals surface area contributed by atoms with E-state index >= 15 is 0 Å². The van der Waals surface area contributed by atoms with Gasteiger partial charge in [0.25, 0.3) is 5.91 Å². The first-order chi connectivity index (χ1) is 11.3. The average Bonchev–Trinajstić information content (AvgIpc) is 2.61. The van der Waals surface area contributed by atoms with Gasteiger partial charge in [0.05, 0.1) is 24.0 Å². The Morgan fingerprint density at radius 3 is 2.26 bits per heavy atom. The van der Waals surface area contributed by atoms with Crippen LogP contribution in [0.15, 0.2) is 72.9 Å². The second-order valence-corrected chi connectivity index (χ2v) is 5.24. The molecule has 0 N–H and O–H groups in total. The van der Waals surface area contributed by atoms with E-state index in [1.54, 1.807) is 24.1 Å². The Morgan fingerprint density at radius 1 is 0.957 bits per heavy atom. The molecule has 0 bridgehead atoms. The Labute approximate surface area is 135 Å². The molecular weight excluding hydrogens is 286 g/mol. The molecule has 0 spiro atoms. The minimum atomic E-state index is -0.0764. The molecule has 3 rings (SSSR count). The van der Waals surface area contributed by atoms with E-state index in [0.29, 0.717) is 17.8 Å². The summed E-state index contributed by atoms with van der Waals surface area (Å²) in [6.07, 6.45) is 1.55. The molecule has 114 valence electrons. The van der Waals surface area contributed by atoms with Crippen molar-refractivity contribution in [2.24, 2.45) is 0 Å². The maximum Gasteiger partial charge on any atom is 0.260 e. The average molecular weight is 303 g/mol. The summed E-state index contributed by atoms with van der Waals surface area (Å²) >= 11 is 0. The molecule has 1 aromatic heterocycles. The van der Waals surface area contributed by atoms with Gasteiger partial charge in [0.1, 0.15) is 0 Å². The molecule has 4 nitrogen and oxygen atoms in total. The highest BCUT2D eigenvalue weighted by Gasteiger charge is 2.20. The number of carbonyl (C=O) groups excluding carboxylic acids is 1. The van der Waals surface area contributed by atoms with Crippen molar-refractivity contribution in [2.75, 3.05) is 4.90 Å². The van der Waals surface area contributed by atoms with Crippen molar-refractivity contribution >= 4 is 11.6 Å². The van der Waals surface area contributed by atoms with E-state index < -0.39 is 0 Å². The molecule has 0 aliphatic heterocycles. The van der Waals surface area contributed by atoms with Gasteiger partial charge in [-0.15, -0.1) is 0 Å². The monoisotopic (exact) mass is 303 g/mol. The van der Waals surface area contributed by atoms with Crippen LogP contribution in [0.5, 0.6) is 0 Å². The van der Waals surface area contributed by atoms with Gasteiger partial charge in [-0.2, -0.15) is 10.2 Å². The Morgan fingerprint density at radius 2 is 1.61 bits per heavy atom. The Balaban J connectivity index is 1.98. The predicted octanol–water partition coefficient (Wildman–Crippen LogP) is 3.63. The fraction of sp³-hybridized carbons (Fsp3) is 0.105. The third-order valence-electron chi connectivity index (χ3n) is 3.63. The van der Waals surface area contributed by atoms with Gasteiger partial charge in [-0.1, -0.05) is 48.5 Å². The van der Waals surface area contributed by atoms with Gasteiger partial charge in [-0.25, -0.2) is 0 Å². The molecule has 3 aromatic rings. The zero-order valence-corrected chi connectivity index (χ0v) is 12.9. The number of anilines is 1. The fourth-order valence-corrected chi connectivity index (χ4v) is 2.43. The third-order valence-corrected chi connectivity index (χ3v) is 3.63. The lowest BCUT2D eigenvalue weighted by atomic mass is 10.1. The van der Waals surface area contributed by atoms with Crippen LogP contribution in [-0.4, -0.2) is 16.1 Å². The van der Waals surface area contributed by atoms with E-state index in [-0.39, 0.29) is 5.91 Å². The van der Waals surface area contributed by atoms with E-state index in [1.807, 2.05) is 60.7 Å². The highest BCUT2D eigenvalue weighted by atomic mass is 16.2. The third kappa shape index (κ3) is 3.43. The van der Waals surface area contributed by atoms with Crippen LogP contribution < -0.4 is 4.90 Å². The van der Waals surface area contributed by atoms with Crippen LogP contribution in [0.2, 0.25) is 0 Å². The second kappa shape index (κ2) is 6.83. The highest BCUT2D eigenvalue weighted by molar-refractivity contribution is 6.06. The maximum absolute atomic E-state index is 13.0. The standard InChI is InChI=1S/C19H17N3O/c1-15-18(12-13-20-21-15)19(23)22(17-10-6-3-7-11-17)14-16-8-4-2-5-9-16/h2-13H,14H2,1H3. The normalized spacial score (nSPS) is 10.3. The Hall–Kier alpha value is -3.01. The number of hydrogen-bond acceptors (Lipinski definition) is 3. The zero-order valence-electron chi connectivity index (χ0n) is 12.9. The number of nitrogens with zero attached hydrogens (tertiary/aromatic N) is 3. The lowest BCUT2D eigenvalue weighted by molar-refractivity contribution is 0.0984. The molecular formula is C19H17N3O. The Bertz CT molecular complexity index is 788. The molecule has 4 heteroatoms. The van der Waals surface area contributed by atoms with Crippen LogP contribution in [0.1, 0.15) is 21.6 Å². The number of rotatable bonds is 4. The quantitative estimate of drug-likeness (QED) is 0.739. The van der Waals surface area contributed by atoms with Crippen LogP contribution in [0.3, 0.4) is 0 Å². The predicted molar refractivity (Wildman–Crippen MR) is 90.2 cm³/mol. The smallest absolute Gasteiger partial charge is 0.260 e. The first-order valence-electron chi connectivity index (χ1n) is 7.45. The van der Waals surface area contributed by atoms with Crippen molar-refractivity contribution in [3.8, 4) is 0 Å². The number of benzene rings is 2. The Kier molecular flexibility index (Phi) is 4.43. The molecule has 0 unspecified atom stereocenters. The van der Waals surface area contributed by atoms with Crippen molar-refractivity contribution in [3.63, 3.8) is 0 Å². The first-order valence-corrected chi connectivity index (χ1v) is 7.45. The van der Waals surface area contributed by atoms with Crippen molar-refractivity contribution in [1.29, 1.82) is 0 Å². The van der Waals surface area contributed by atoms with E-state index in [0.717, 1.165) is 11.3 Å². The summed E-state index contributed by atoms with van der Waals surface area (Å²) in [7, 11) is 0. The summed E-state index contributed by atoms with van der Waals surface area (Å²) in [6.45, 7) is 2.30. The molecule has 1 heterocycles. The lowest BCUT2D eigenvalue weighted by Gasteiger charge is -2.23. The van der Waals surface area contributed by atoms with Gasteiger partial charge in [0, 0.05) is 5.69 Å². The molecule has 1 amide bonds. The molecule has 0 atom stereocenters. The SMILES string of the molecule is Cc1nnccc1C(=O)N(Cc1ccccc1)c1ccccc1. The molecule has 0 fully saturated rings. The van der Waals surface area contributed by atoms with Gasteiger partial charge < -0.3 is 4.90 Å². The zero-order chi connectivity index (χ0) is 16.1. The second-order valence-electron chi connectivity index (χ2n) is 5.24. The van der Waals surface area contributed by atoms with Crippen molar-refractivity contribution in [2.45, 2.75) is 13.5 Å². The number of para-hydroxylation sites is 1. The van der Waals surface area contributed by atoms with Crippen LogP contribution in [0.4, 0.5) is 5.69 Å². The van der Waals surface area contributed by atoms with Crippen molar-refractivity contribution in [1.82, 2.24) is 10.2 Å². The van der Waals surface area contributed by atoms with E-state index in [2.05, 4.69) is 10.2 Å². The van der Waals surface area contributed by atoms with Gasteiger partial charge in [0.2, 0.25) is 0 Å². The number of amides is 1. The summed E-state index contributed by atoms with van der Waals surface area (Å²) in [5, 5.41) is 7.81. The molecule has 0 radical (unpaired) electrons. The minimum Gasteiger partial charge on any atom is -0.304 e. The number of aromatic nitrogens is 2. The summed E-state index contributed by atoms with van der Waals surface area (Å²) < 4.78 is 0. The largest absolute Gasteiger partial charge is 0.304 e. The first kappa shape index (κ1) is 14.9. The molecule has 0 aliphatic carbocycles. The summed E-state index contributed by atoms with van der Waals surface area (Å²) in [4.78, 5) is 14.8. The molecule has 0 aliphatic rings. The minimum absolute atomic E-state index is 0.0764. The fourth-order valence-electron chi connectivity index (χ4n) is 2.43. The van der Waals surface area contributed by atoms with E-state index in [1.165, 1.54) is 0 Å². The van der Waals surface area contributed by atoms with Crippen LogP contribution in [0, 0.1) is 6.92 Å². The van der Waals surface area contributed by atoms with Gasteiger partial charge in [0.15, 0.2) is 0 Å². The number of carbonyl (C=O) groups is 1. The van der Waals surface area contributed by atoms with Crippen molar-refractivity contribution in [3.05, 3.63) is 89.7 Å². The summed E-state index contributed by atoms with van der Waals surface area (Å²) in [6, 6.07) is 21.3. The number of aryl methyl sites for hydroxylation is 1.